The number of carboxylic acids is 1. The fraction of sp³-hybridized carbons (Fsp3) is 0.900. The van der Waals surface area contributed by atoms with E-state index in [1.54, 1.807) is 0 Å². The topological polar surface area (TPSA) is 58.6 Å². The number of ether oxygens (including phenoxy) is 1. The van der Waals surface area contributed by atoms with Crippen molar-refractivity contribution < 1.29 is 14.6 Å². The van der Waals surface area contributed by atoms with Crippen LogP contribution in [0.2, 0.25) is 0 Å². The number of hydrogen-bond acceptors (Lipinski definition) is 3. The lowest BCUT2D eigenvalue weighted by molar-refractivity contribution is -0.149. The summed E-state index contributed by atoms with van der Waals surface area (Å²) in [6.45, 7) is 3.02. The van der Waals surface area contributed by atoms with Gasteiger partial charge >= 0.3 is 5.97 Å². The number of carbonyl (C=O) groups is 1. The summed E-state index contributed by atoms with van der Waals surface area (Å²) in [5, 5.41) is 12.1. The molecular weight excluding hydrogens is 182 g/mol. The zero-order chi connectivity index (χ0) is 10.1. The van der Waals surface area contributed by atoms with Crippen molar-refractivity contribution in [1.82, 2.24) is 5.32 Å². The quantitative estimate of drug-likeness (QED) is 0.696. The maximum Gasteiger partial charge on any atom is 0.332 e. The Morgan fingerprint density at radius 2 is 2.29 bits per heavy atom. The van der Waals surface area contributed by atoms with Crippen molar-refractivity contribution in [2.75, 3.05) is 6.54 Å². The van der Waals surface area contributed by atoms with E-state index in [4.69, 9.17) is 9.84 Å². The van der Waals surface area contributed by atoms with Crippen LogP contribution in [0.4, 0.5) is 0 Å². The highest BCUT2D eigenvalue weighted by atomic mass is 16.5. The first-order valence-electron chi connectivity index (χ1n) is 5.28. The van der Waals surface area contributed by atoms with Crippen LogP contribution in [0.3, 0.4) is 0 Å². The normalized spacial score (nSPS) is 41.2. The molecule has 14 heavy (non-hydrogen) atoms. The zero-order valence-corrected chi connectivity index (χ0v) is 8.40. The minimum Gasteiger partial charge on any atom is -0.479 e. The summed E-state index contributed by atoms with van der Waals surface area (Å²) < 4.78 is 5.37. The average Bonchev–Trinajstić information content (AvgIpc) is 2.68. The number of nitrogens with one attached hydrogen (secondary N) is 1. The number of aliphatic carboxylic acids is 1. The number of carboxylic acid groups (broad SMARTS) is 1. The highest BCUT2D eigenvalue weighted by molar-refractivity contribution is 5.72. The molecule has 1 saturated carbocycles. The summed E-state index contributed by atoms with van der Waals surface area (Å²) in [7, 11) is 0. The molecule has 2 fully saturated rings. The maximum atomic E-state index is 10.6. The van der Waals surface area contributed by atoms with Crippen LogP contribution >= 0.6 is 0 Å². The first kappa shape index (κ1) is 9.93. The Labute approximate surface area is 83.6 Å². The number of rotatable bonds is 4. The minimum absolute atomic E-state index is 0.101. The first-order chi connectivity index (χ1) is 6.66. The van der Waals surface area contributed by atoms with E-state index in [1.807, 2.05) is 0 Å². The third-order valence-corrected chi connectivity index (χ3v) is 3.10. The van der Waals surface area contributed by atoms with Crippen LogP contribution in [0.1, 0.15) is 26.2 Å². The lowest BCUT2D eigenvalue weighted by Gasteiger charge is -2.11. The van der Waals surface area contributed by atoms with E-state index in [2.05, 4.69) is 12.2 Å². The van der Waals surface area contributed by atoms with Crippen molar-refractivity contribution in [1.29, 1.82) is 0 Å². The molecule has 2 aliphatic rings. The van der Waals surface area contributed by atoms with Gasteiger partial charge in [-0.3, -0.25) is 0 Å². The van der Waals surface area contributed by atoms with E-state index in [9.17, 15) is 4.79 Å². The summed E-state index contributed by atoms with van der Waals surface area (Å²) in [4.78, 5) is 10.6. The van der Waals surface area contributed by atoms with Crippen molar-refractivity contribution in [3.8, 4) is 0 Å². The molecule has 0 amide bonds. The molecule has 4 nitrogen and oxygen atoms in total. The molecule has 0 spiro atoms. The van der Waals surface area contributed by atoms with E-state index in [-0.39, 0.29) is 6.10 Å². The van der Waals surface area contributed by atoms with Crippen LogP contribution in [-0.2, 0) is 9.53 Å². The highest BCUT2D eigenvalue weighted by Crippen LogP contribution is 2.29. The molecule has 0 aromatic carbocycles. The van der Waals surface area contributed by atoms with E-state index in [0.717, 1.165) is 18.9 Å². The van der Waals surface area contributed by atoms with Crippen LogP contribution in [0, 0.1) is 5.92 Å². The molecule has 0 aromatic rings. The molecule has 2 rings (SSSR count). The van der Waals surface area contributed by atoms with Gasteiger partial charge in [-0.2, -0.15) is 0 Å². The van der Waals surface area contributed by atoms with Crippen molar-refractivity contribution in [3.63, 3.8) is 0 Å². The smallest absolute Gasteiger partial charge is 0.332 e. The molecule has 4 heteroatoms. The fourth-order valence-electron chi connectivity index (χ4n) is 1.93. The SMILES string of the molecule is CC1CC1NCC1CCC(C(=O)O)O1. The van der Waals surface area contributed by atoms with Crippen molar-refractivity contribution in [2.24, 2.45) is 5.92 Å². The van der Waals surface area contributed by atoms with Crippen molar-refractivity contribution in [3.05, 3.63) is 0 Å². The van der Waals surface area contributed by atoms with Crippen LogP contribution in [0.25, 0.3) is 0 Å². The zero-order valence-electron chi connectivity index (χ0n) is 8.40. The third kappa shape index (κ3) is 2.25. The predicted molar refractivity (Wildman–Crippen MR) is 51.1 cm³/mol. The van der Waals surface area contributed by atoms with Gasteiger partial charge < -0.3 is 15.2 Å². The molecule has 4 unspecified atom stereocenters. The van der Waals surface area contributed by atoms with Gasteiger partial charge in [-0.25, -0.2) is 4.79 Å². The van der Waals surface area contributed by atoms with Gasteiger partial charge in [0.1, 0.15) is 0 Å². The largest absolute Gasteiger partial charge is 0.479 e. The Bertz CT molecular complexity index is 231. The van der Waals surface area contributed by atoms with Crippen LogP contribution in [0.15, 0.2) is 0 Å². The lowest BCUT2D eigenvalue weighted by Crippen LogP contribution is -2.30. The van der Waals surface area contributed by atoms with Gasteiger partial charge in [0.25, 0.3) is 0 Å². The molecule has 4 atom stereocenters. The Morgan fingerprint density at radius 1 is 1.57 bits per heavy atom. The number of hydrogen-bond donors (Lipinski definition) is 2. The van der Waals surface area contributed by atoms with Gasteiger partial charge in [0, 0.05) is 12.6 Å². The Morgan fingerprint density at radius 3 is 2.79 bits per heavy atom. The Kier molecular flexibility index (Phi) is 2.74. The second-order valence-electron chi connectivity index (χ2n) is 4.39. The first-order valence-corrected chi connectivity index (χ1v) is 5.28. The lowest BCUT2D eigenvalue weighted by atomic mass is 10.2. The van der Waals surface area contributed by atoms with Crippen LogP contribution < -0.4 is 5.32 Å². The van der Waals surface area contributed by atoms with Crippen LogP contribution in [0.5, 0.6) is 0 Å². The molecule has 1 aliphatic heterocycles. The van der Waals surface area contributed by atoms with Gasteiger partial charge in [-0.15, -0.1) is 0 Å². The molecule has 80 valence electrons. The Balaban J connectivity index is 1.66. The van der Waals surface area contributed by atoms with Crippen LogP contribution in [-0.4, -0.2) is 35.9 Å². The average molecular weight is 199 g/mol. The van der Waals surface area contributed by atoms with Crippen molar-refractivity contribution in [2.45, 2.75) is 44.4 Å². The van der Waals surface area contributed by atoms with Gasteiger partial charge in [-0.05, 0) is 25.2 Å². The molecule has 1 aliphatic carbocycles. The molecule has 0 bridgehead atoms. The van der Waals surface area contributed by atoms with Gasteiger partial charge in [0.15, 0.2) is 6.10 Å². The third-order valence-electron chi connectivity index (χ3n) is 3.10. The molecule has 2 N–H and O–H groups in total. The van der Waals surface area contributed by atoms with E-state index in [0.29, 0.717) is 12.5 Å². The summed E-state index contributed by atoms with van der Waals surface area (Å²) >= 11 is 0. The van der Waals surface area contributed by atoms with Crippen molar-refractivity contribution >= 4 is 5.97 Å². The van der Waals surface area contributed by atoms with Gasteiger partial charge in [-0.1, -0.05) is 6.92 Å². The van der Waals surface area contributed by atoms with Gasteiger partial charge in [0.05, 0.1) is 6.10 Å². The molecule has 1 heterocycles. The monoisotopic (exact) mass is 199 g/mol. The van der Waals surface area contributed by atoms with E-state index < -0.39 is 12.1 Å². The second-order valence-corrected chi connectivity index (χ2v) is 4.39. The second kappa shape index (κ2) is 3.87. The highest BCUT2D eigenvalue weighted by Gasteiger charge is 2.35. The van der Waals surface area contributed by atoms with E-state index in [1.165, 1.54) is 6.42 Å². The minimum atomic E-state index is -0.827. The summed E-state index contributed by atoms with van der Waals surface area (Å²) in [6, 6.07) is 0.641. The summed E-state index contributed by atoms with van der Waals surface area (Å²) in [6.07, 6.45) is 2.30. The Hall–Kier alpha value is -0.610. The summed E-state index contributed by atoms with van der Waals surface area (Å²) in [5.74, 6) is -0.0426. The maximum absolute atomic E-state index is 10.6. The van der Waals surface area contributed by atoms with E-state index >= 15 is 0 Å². The standard InChI is InChI=1S/C10H17NO3/c1-6-4-8(6)11-5-7-2-3-9(14-7)10(12)13/h6-9,11H,2-5H2,1H3,(H,12,13). The molecule has 0 radical (unpaired) electrons. The molecule has 1 saturated heterocycles. The molecule has 0 aromatic heterocycles. The van der Waals surface area contributed by atoms with Gasteiger partial charge in [0.2, 0.25) is 0 Å². The fourth-order valence-corrected chi connectivity index (χ4v) is 1.93. The molecular formula is C10H17NO3. The summed E-state index contributed by atoms with van der Waals surface area (Å²) in [5.41, 5.74) is 0. The predicted octanol–water partition coefficient (Wildman–Crippen LogP) is 0.617.